The van der Waals surface area contributed by atoms with Crippen LogP contribution in [-0.2, 0) is 0 Å². The van der Waals surface area contributed by atoms with Crippen LogP contribution in [0, 0.1) is 0 Å². The molecule has 0 bridgehead atoms. The molecule has 4 heteroatoms. The summed E-state index contributed by atoms with van der Waals surface area (Å²) in [5, 5.41) is 4.37. The van der Waals surface area contributed by atoms with Gasteiger partial charge in [0.25, 0.3) is 0 Å². The summed E-state index contributed by atoms with van der Waals surface area (Å²) >= 11 is 6.67. The van der Waals surface area contributed by atoms with Gasteiger partial charge < -0.3 is 14.8 Å². The molecule has 1 unspecified atom stereocenters. The van der Waals surface area contributed by atoms with E-state index in [2.05, 4.69) is 19.2 Å². The van der Waals surface area contributed by atoms with Gasteiger partial charge in [0.2, 0.25) is 0 Å². The molecular weight excluding hydrogens is 274 g/mol. The van der Waals surface area contributed by atoms with Crippen LogP contribution >= 0.6 is 11.6 Å². The average molecular weight is 298 g/mol. The fourth-order valence-electron chi connectivity index (χ4n) is 2.85. The predicted octanol–water partition coefficient (Wildman–Crippen LogP) is 4.30. The Morgan fingerprint density at radius 1 is 1.25 bits per heavy atom. The maximum atomic E-state index is 6.67. The van der Waals surface area contributed by atoms with Gasteiger partial charge in [-0.25, -0.2) is 0 Å². The van der Waals surface area contributed by atoms with Crippen LogP contribution < -0.4 is 14.8 Å². The fraction of sp³-hybridized carbons (Fsp3) is 0.625. The van der Waals surface area contributed by atoms with E-state index in [-0.39, 0.29) is 6.04 Å². The highest BCUT2D eigenvalue weighted by atomic mass is 35.5. The minimum atomic E-state index is 0.249. The highest BCUT2D eigenvalue weighted by Gasteiger charge is 2.27. The molecule has 0 radical (unpaired) electrons. The van der Waals surface area contributed by atoms with E-state index in [1.54, 1.807) is 14.2 Å². The maximum Gasteiger partial charge on any atom is 0.166 e. The molecule has 0 aliphatic carbocycles. The van der Waals surface area contributed by atoms with Crippen LogP contribution in [0.1, 0.15) is 56.2 Å². The Morgan fingerprint density at radius 2 is 2.00 bits per heavy atom. The summed E-state index contributed by atoms with van der Waals surface area (Å²) in [4.78, 5) is 0. The monoisotopic (exact) mass is 297 g/mol. The van der Waals surface area contributed by atoms with Gasteiger partial charge in [0.15, 0.2) is 11.5 Å². The first-order chi connectivity index (χ1) is 9.60. The molecule has 1 N–H and O–H groups in total. The first-order valence-electron chi connectivity index (χ1n) is 7.27. The van der Waals surface area contributed by atoms with E-state index < -0.39 is 0 Å². The van der Waals surface area contributed by atoms with E-state index in [0.717, 1.165) is 40.6 Å². The molecule has 1 aliphatic rings. The summed E-state index contributed by atoms with van der Waals surface area (Å²) in [6.07, 6.45) is 3.52. The lowest BCUT2D eigenvalue weighted by molar-refractivity contribution is 0.337. The van der Waals surface area contributed by atoms with E-state index in [9.17, 15) is 0 Å². The largest absolute Gasteiger partial charge is 0.493 e. The number of ether oxygens (including phenoxy) is 2. The third kappa shape index (κ3) is 2.89. The fourth-order valence-corrected chi connectivity index (χ4v) is 3.34. The molecule has 3 nitrogen and oxygen atoms in total. The van der Waals surface area contributed by atoms with Crippen molar-refractivity contribution in [2.45, 2.75) is 45.1 Å². The molecule has 0 amide bonds. The normalized spacial score (nSPS) is 19.2. The van der Waals surface area contributed by atoms with Gasteiger partial charge in [-0.3, -0.25) is 0 Å². The minimum Gasteiger partial charge on any atom is -0.493 e. The van der Waals surface area contributed by atoms with Gasteiger partial charge in [0, 0.05) is 11.6 Å². The van der Waals surface area contributed by atoms with Crippen LogP contribution in [0.15, 0.2) is 6.07 Å². The number of methoxy groups -OCH3 is 2. The lowest BCUT2D eigenvalue weighted by atomic mass is 9.92. The van der Waals surface area contributed by atoms with E-state index in [1.807, 2.05) is 6.07 Å². The first kappa shape index (κ1) is 15.5. The molecule has 2 rings (SSSR count). The molecule has 1 aromatic carbocycles. The zero-order valence-electron chi connectivity index (χ0n) is 12.8. The highest BCUT2D eigenvalue weighted by Crippen LogP contribution is 2.45. The van der Waals surface area contributed by atoms with Gasteiger partial charge >= 0.3 is 0 Å². The number of halogens is 1. The number of hydrogen-bond donors (Lipinski definition) is 1. The summed E-state index contributed by atoms with van der Waals surface area (Å²) in [5.74, 6) is 1.88. The third-order valence-electron chi connectivity index (χ3n) is 3.95. The van der Waals surface area contributed by atoms with Crippen molar-refractivity contribution in [1.29, 1.82) is 0 Å². The van der Waals surface area contributed by atoms with Crippen LogP contribution in [0.2, 0.25) is 5.02 Å². The summed E-state index contributed by atoms with van der Waals surface area (Å²) in [6, 6.07) is 2.25. The van der Waals surface area contributed by atoms with Crippen molar-refractivity contribution < 1.29 is 9.47 Å². The molecule has 1 heterocycles. The Kier molecular flexibility index (Phi) is 5.17. The van der Waals surface area contributed by atoms with Crippen molar-refractivity contribution in [3.63, 3.8) is 0 Å². The number of nitrogens with one attached hydrogen (secondary N) is 1. The quantitative estimate of drug-likeness (QED) is 0.899. The van der Waals surface area contributed by atoms with E-state index in [4.69, 9.17) is 21.1 Å². The second-order valence-corrected chi connectivity index (χ2v) is 5.96. The number of piperidine rings is 1. The molecule has 1 aromatic rings. The molecule has 1 atom stereocenters. The molecule has 20 heavy (non-hydrogen) atoms. The van der Waals surface area contributed by atoms with Crippen molar-refractivity contribution >= 4 is 11.6 Å². The Morgan fingerprint density at radius 3 is 2.50 bits per heavy atom. The Labute approximate surface area is 126 Å². The second kappa shape index (κ2) is 6.68. The lowest BCUT2D eigenvalue weighted by Crippen LogP contribution is -2.27. The molecule has 1 saturated heterocycles. The van der Waals surface area contributed by atoms with Crippen LogP contribution in [0.4, 0.5) is 0 Å². The van der Waals surface area contributed by atoms with Gasteiger partial charge in [0.1, 0.15) is 0 Å². The second-order valence-electron chi connectivity index (χ2n) is 5.59. The first-order valence-corrected chi connectivity index (χ1v) is 7.65. The van der Waals surface area contributed by atoms with Crippen LogP contribution in [0.3, 0.4) is 0 Å². The summed E-state index contributed by atoms with van der Waals surface area (Å²) in [7, 11) is 3.35. The molecule has 0 saturated carbocycles. The summed E-state index contributed by atoms with van der Waals surface area (Å²) in [5.41, 5.74) is 2.17. The highest BCUT2D eigenvalue weighted by molar-refractivity contribution is 6.32. The molecule has 0 aromatic heterocycles. The number of rotatable bonds is 4. The van der Waals surface area contributed by atoms with Crippen LogP contribution in [0.25, 0.3) is 0 Å². The summed E-state index contributed by atoms with van der Waals surface area (Å²) in [6.45, 7) is 5.31. The van der Waals surface area contributed by atoms with E-state index in [0.29, 0.717) is 5.92 Å². The molecule has 1 fully saturated rings. The van der Waals surface area contributed by atoms with E-state index >= 15 is 0 Å². The summed E-state index contributed by atoms with van der Waals surface area (Å²) < 4.78 is 11.1. The standard InChI is InChI=1S/C16H24ClNO2/c1-10(2)11-9-13(19-3)16(20-4)14(15(11)17)12-7-5-6-8-18-12/h9-10,12,18H,5-8H2,1-4H3. The van der Waals surface area contributed by atoms with Crippen molar-refractivity contribution in [2.24, 2.45) is 0 Å². The van der Waals surface area contributed by atoms with Crippen LogP contribution in [-0.4, -0.2) is 20.8 Å². The zero-order chi connectivity index (χ0) is 14.7. The average Bonchev–Trinajstić information content (AvgIpc) is 2.47. The predicted molar refractivity (Wildman–Crippen MR) is 83.2 cm³/mol. The van der Waals surface area contributed by atoms with Gasteiger partial charge in [-0.15, -0.1) is 0 Å². The van der Waals surface area contributed by atoms with Gasteiger partial charge in [0.05, 0.1) is 19.2 Å². The molecule has 0 spiro atoms. The Bertz CT molecular complexity index is 468. The van der Waals surface area contributed by atoms with Crippen molar-refractivity contribution in [1.82, 2.24) is 5.32 Å². The van der Waals surface area contributed by atoms with Crippen molar-refractivity contribution in [3.8, 4) is 11.5 Å². The Balaban J connectivity index is 2.57. The topological polar surface area (TPSA) is 30.5 Å². The number of benzene rings is 1. The molecule has 1 aliphatic heterocycles. The minimum absolute atomic E-state index is 0.249. The van der Waals surface area contributed by atoms with Crippen molar-refractivity contribution in [2.75, 3.05) is 20.8 Å². The molecule has 112 valence electrons. The van der Waals surface area contributed by atoms with Gasteiger partial charge in [-0.2, -0.15) is 0 Å². The molecular formula is C16H24ClNO2. The zero-order valence-corrected chi connectivity index (χ0v) is 13.5. The maximum absolute atomic E-state index is 6.67. The smallest absolute Gasteiger partial charge is 0.166 e. The van der Waals surface area contributed by atoms with Crippen LogP contribution in [0.5, 0.6) is 11.5 Å². The lowest BCUT2D eigenvalue weighted by Gasteiger charge is -2.28. The number of hydrogen-bond acceptors (Lipinski definition) is 3. The SMILES string of the molecule is COc1cc(C(C)C)c(Cl)c(C2CCCCN2)c1OC. The van der Waals surface area contributed by atoms with Crippen molar-refractivity contribution in [3.05, 3.63) is 22.2 Å². The third-order valence-corrected chi connectivity index (χ3v) is 4.37. The van der Waals surface area contributed by atoms with Gasteiger partial charge in [-0.05, 0) is 36.9 Å². The van der Waals surface area contributed by atoms with Gasteiger partial charge in [-0.1, -0.05) is 31.9 Å². The Hall–Kier alpha value is -0.930. The van der Waals surface area contributed by atoms with E-state index in [1.165, 1.54) is 12.8 Å².